The Balaban J connectivity index is 0.000000250. The van der Waals surface area contributed by atoms with Gasteiger partial charge in [0.05, 0.1) is 48.7 Å². The van der Waals surface area contributed by atoms with Gasteiger partial charge in [-0.3, -0.25) is 9.59 Å². The van der Waals surface area contributed by atoms with Crippen molar-refractivity contribution in [3.8, 4) is 12.1 Å². The Hall–Kier alpha value is -3.80. The molecule has 2 aromatic carbocycles. The summed E-state index contributed by atoms with van der Waals surface area (Å²) in [4.78, 5) is 27.6. The summed E-state index contributed by atoms with van der Waals surface area (Å²) >= 11 is 0. The molecule has 10 nitrogen and oxygen atoms in total. The van der Waals surface area contributed by atoms with E-state index in [0.717, 1.165) is 63.0 Å². The third-order valence-electron chi connectivity index (χ3n) is 8.44. The van der Waals surface area contributed by atoms with Crippen molar-refractivity contribution in [1.29, 1.82) is 10.5 Å². The van der Waals surface area contributed by atoms with Crippen LogP contribution in [0.25, 0.3) is 0 Å². The SMILES string of the molecule is CCOC(=O)C[C@H]1CCCN(C[C@@H](O)c2ccc(C#N)cc2)C1.CCOC(=O)C[C@H]1CCCN(C[C@H](O)c2ccc(C#N)cc2)C1. The van der Waals surface area contributed by atoms with Gasteiger partial charge in [-0.25, -0.2) is 0 Å². The molecule has 2 fully saturated rings. The second kappa shape index (κ2) is 19.7. The molecule has 0 aromatic heterocycles. The Labute approximate surface area is 273 Å². The third-order valence-corrected chi connectivity index (χ3v) is 8.44. The van der Waals surface area contributed by atoms with Crippen LogP contribution >= 0.6 is 0 Å². The highest BCUT2D eigenvalue weighted by Gasteiger charge is 2.26. The van der Waals surface area contributed by atoms with E-state index in [1.54, 1.807) is 48.5 Å². The zero-order chi connectivity index (χ0) is 33.3. The lowest BCUT2D eigenvalue weighted by atomic mass is 9.94. The topological polar surface area (TPSA) is 147 Å². The van der Waals surface area contributed by atoms with Gasteiger partial charge in [-0.15, -0.1) is 0 Å². The lowest BCUT2D eigenvalue weighted by Gasteiger charge is -2.33. The summed E-state index contributed by atoms with van der Waals surface area (Å²) < 4.78 is 10.0. The van der Waals surface area contributed by atoms with Crippen LogP contribution in [0.4, 0.5) is 0 Å². The van der Waals surface area contributed by atoms with Crippen LogP contribution in [-0.2, 0) is 19.1 Å². The minimum Gasteiger partial charge on any atom is -0.466 e. The number of β-amino-alcohol motifs (C(OH)–C–C–N with tert-alkyl or cyclic N) is 2. The van der Waals surface area contributed by atoms with Crippen LogP contribution in [0.3, 0.4) is 0 Å². The van der Waals surface area contributed by atoms with E-state index in [9.17, 15) is 19.8 Å². The Morgan fingerprint density at radius 1 is 0.739 bits per heavy atom. The second-order valence-electron chi connectivity index (χ2n) is 12.1. The van der Waals surface area contributed by atoms with Gasteiger partial charge in [0.25, 0.3) is 0 Å². The monoisotopic (exact) mass is 632 g/mol. The Morgan fingerprint density at radius 2 is 1.11 bits per heavy atom. The first-order valence-electron chi connectivity index (χ1n) is 16.4. The summed E-state index contributed by atoms with van der Waals surface area (Å²) in [6.07, 6.45) is 3.88. The molecule has 2 saturated heterocycles. The van der Waals surface area contributed by atoms with Gasteiger partial charge in [0.2, 0.25) is 0 Å². The van der Waals surface area contributed by atoms with Crippen LogP contribution in [0.5, 0.6) is 0 Å². The highest BCUT2D eigenvalue weighted by molar-refractivity contribution is 5.70. The molecule has 0 radical (unpaired) electrons. The van der Waals surface area contributed by atoms with Crippen LogP contribution in [-0.4, -0.2) is 84.4 Å². The fraction of sp³-hybridized carbons (Fsp3) is 0.556. The minimum atomic E-state index is -0.580. The largest absolute Gasteiger partial charge is 0.466 e. The lowest BCUT2D eigenvalue weighted by Crippen LogP contribution is -2.38. The number of hydrogen-bond donors (Lipinski definition) is 2. The van der Waals surface area contributed by atoms with Crippen LogP contribution in [0.1, 0.15) is 86.8 Å². The second-order valence-corrected chi connectivity index (χ2v) is 12.1. The van der Waals surface area contributed by atoms with Gasteiger partial charge in [-0.1, -0.05) is 24.3 Å². The van der Waals surface area contributed by atoms with E-state index in [4.69, 9.17) is 20.0 Å². The van der Waals surface area contributed by atoms with Crippen LogP contribution < -0.4 is 0 Å². The van der Waals surface area contributed by atoms with Gasteiger partial charge in [-0.2, -0.15) is 10.5 Å². The molecular weight excluding hydrogens is 584 g/mol. The molecule has 46 heavy (non-hydrogen) atoms. The number of aliphatic hydroxyl groups is 2. The number of benzene rings is 2. The molecule has 10 heteroatoms. The highest BCUT2D eigenvalue weighted by atomic mass is 16.5. The van der Waals surface area contributed by atoms with Gasteiger partial charge in [0.1, 0.15) is 0 Å². The first kappa shape index (κ1) is 36.7. The van der Waals surface area contributed by atoms with E-state index in [1.807, 2.05) is 13.8 Å². The predicted octanol–water partition coefficient (Wildman–Crippen LogP) is 4.51. The van der Waals surface area contributed by atoms with Crippen molar-refractivity contribution in [2.45, 2.75) is 64.6 Å². The molecule has 0 aliphatic carbocycles. The number of nitriles is 2. The summed E-state index contributed by atoms with van der Waals surface area (Å²) in [7, 11) is 0. The fourth-order valence-corrected chi connectivity index (χ4v) is 6.14. The third kappa shape index (κ3) is 12.5. The molecule has 0 spiro atoms. The molecule has 4 atom stereocenters. The summed E-state index contributed by atoms with van der Waals surface area (Å²) in [5.74, 6) is 0.339. The number of likely N-dealkylation sites (tertiary alicyclic amines) is 2. The maximum absolute atomic E-state index is 11.6. The first-order valence-corrected chi connectivity index (χ1v) is 16.4. The quantitative estimate of drug-likeness (QED) is 0.320. The number of carbonyl (C=O) groups excluding carboxylic acids is 2. The smallest absolute Gasteiger partial charge is 0.306 e. The molecule has 2 aliphatic heterocycles. The molecule has 0 unspecified atom stereocenters. The molecule has 0 bridgehead atoms. The van der Waals surface area contributed by atoms with Crippen LogP contribution in [0, 0.1) is 34.5 Å². The Kier molecular flexibility index (Phi) is 15.7. The maximum atomic E-state index is 11.6. The van der Waals surface area contributed by atoms with Gasteiger partial charge in [-0.05, 0) is 99.8 Å². The van der Waals surface area contributed by atoms with E-state index in [2.05, 4.69) is 21.9 Å². The zero-order valence-electron chi connectivity index (χ0n) is 27.1. The number of piperidine rings is 2. The van der Waals surface area contributed by atoms with Crippen molar-refractivity contribution in [2.75, 3.05) is 52.5 Å². The number of rotatable bonds is 12. The molecule has 0 saturated carbocycles. The van der Waals surface area contributed by atoms with E-state index in [1.165, 1.54) is 0 Å². The normalized spacial score (nSPS) is 19.8. The predicted molar refractivity (Wildman–Crippen MR) is 173 cm³/mol. The number of ether oxygens (including phenoxy) is 2. The fourth-order valence-electron chi connectivity index (χ4n) is 6.14. The molecule has 4 rings (SSSR count). The number of carbonyl (C=O) groups is 2. The Bertz CT molecular complexity index is 1200. The number of nitrogens with zero attached hydrogens (tertiary/aromatic N) is 4. The molecule has 2 aromatic rings. The zero-order valence-corrected chi connectivity index (χ0v) is 27.1. The van der Waals surface area contributed by atoms with Gasteiger partial charge < -0.3 is 29.5 Å². The first-order chi connectivity index (χ1) is 22.2. The molecule has 248 valence electrons. The van der Waals surface area contributed by atoms with Gasteiger partial charge in [0.15, 0.2) is 0 Å². The summed E-state index contributed by atoms with van der Waals surface area (Å²) in [5, 5.41) is 38.4. The highest BCUT2D eigenvalue weighted by Crippen LogP contribution is 2.24. The molecule has 2 aliphatic rings. The van der Waals surface area contributed by atoms with E-state index in [0.29, 0.717) is 62.1 Å². The van der Waals surface area contributed by atoms with Crippen molar-refractivity contribution in [2.24, 2.45) is 11.8 Å². The summed E-state index contributed by atoms with van der Waals surface area (Å²) in [5.41, 5.74) is 2.81. The summed E-state index contributed by atoms with van der Waals surface area (Å²) in [6, 6.07) is 18.2. The van der Waals surface area contributed by atoms with Crippen molar-refractivity contribution < 1.29 is 29.3 Å². The van der Waals surface area contributed by atoms with Crippen molar-refractivity contribution in [3.63, 3.8) is 0 Å². The number of aliphatic hydroxyl groups excluding tert-OH is 2. The van der Waals surface area contributed by atoms with Gasteiger partial charge >= 0.3 is 11.9 Å². The lowest BCUT2D eigenvalue weighted by molar-refractivity contribution is -0.145. The maximum Gasteiger partial charge on any atom is 0.306 e. The van der Waals surface area contributed by atoms with Gasteiger partial charge in [0, 0.05) is 39.0 Å². The molecule has 2 heterocycles. The van der Waals surface area contributed by atoms with E-state index < -0.39 is 12.2 Å². The van der Waals surface area contributed by atoms with Crippen molar-refractivity contribution in [3.05, 3.63) is 70.8 Å². The van der Waals surface area contributed by atoms with Crippen LogP contribution in [0.2, 0.25) is 0 Å². The van der Waals surface area contributed by atoms with Crippen LogP contribution in [0.15, 0.2) is 48.5 Å². The van der Waals surface area contributed by atoms with Crippen molar-refractivity contribution >= 4 is 11.9 Å². The average Bonchev–Trinajstić information content (AvgIpc) is 3.05. The molecular formula is C36H48N4O6. The average molecular weight is 633 g/mol. The standard InChI is InChI=1S/2C18H24N2O3/c2*1-2-23-18(22)10-15-4-3-9-20(12-15)13-17(21)16-7-5-14(11-19)6-8-16/h2*5-8,15,17,21H,2-4,9-10,12-13H2,1H3/t15-,17+;15-,17-/m11/s1. The van der Waals surface area contributed by atoms with E-state index in [-0.39, 0.29) is 11.9 Å². The Morgan fingerprint density at radius 3 is 1.43 bits per heavy atom. The summed E-state index contributed by atoms with van der Waals surface area (Å²) in [6.45, 7) is 9.07. The van der Waals surface area contributed by atoms with E-state index >= 15 is 0 Å². The number of hydrogen-bond acceptors (Lipinski definition) is 10. The number of esters is 2. The molecule has 0 amide bonds. The van der Waals surface area contributed by atoms with Crippen molar-refractivity contribution in [1.82, 2.24) is 9.80 Å². The molecule has 2 N–H and O–H groups in total. The minimum absolute atomic E-state index is 0.132.